The van der Waals surface area contributed by atoms with E-state index in [4.69, 9.17) is 5.11 Å². The maximum absolute atomic E-state index is 11.0. The number of hydrogen-bond acceptors (Lipinski definition) is 1. The Hall–Kier alpha value is -0.0200. The standard InChI is InChI=1S/C2H2ClFO2.ClH/c3-1(4)2(5)6;/h1H,(H,5,6);1H. The largest absolute Gasteiger partial charge is 0.478 e. The smallest absolute Gasteiger partial charge is 0.354 e. The van der Waals surface area contributed by atoms with Crippen LogP contribution < -0.4 is 0 Å². The van der Waals surface area contributed by atoms with Gasteiger partial charge in [0.2, 0.25) is 0 Å². The average molecular weight is 149 g/mol. The van der Waals surface area contributed by atoms with E-state index in [1.54, 1.807) is 0 Å². The van der Waals surface area contributed by atoms with E-state index < -0.39 is 11.6 Å². The Morgan fingerprint density at radius 1 is 1.86 bits per heavy atom. The molecule has 1 N–H and O–H groups in total. The molecule has 0 aliphatic heterocycles. The zero-order valence-electron chi connectivity index (χ0n) is 3.10. The molecule has 0 aromatic heterocycles. The van der Waals surface area contributed by atoms with Crippen LogP contribution in [0, 0.1) is 0 Å². The maximum atomic E-state index is 11.0. The molecule has 0 amide bonds. The van der Waals surface area contributed by atoms with Crippen LogP contribution in [0.5, 0.6) is 0 Å². The lowest BCUT2D eigenvalue weighted by atomic mass is 10.8. The van der Waals surface area contributed by atoms with Crippen molar-refractivity contribution in [2.75, 3.05) is 0 Å². The zero-order chi connectivity index (χ0) is 5.15. The lowest BCUT2D eigenvalue weighted by molar-refractivity contribution is -0.139. The molecule has 44 valence electrons. The van der Waals surface area contributed by atoms with Gasteiger partial charge in [-0.25, -0.2) is 9.18 Å². The van der Waals surface area contributed by atoms with Crippen LogP contribution in [0.3, 0.4) is 0 Å². The number of alkyl halides is 2. The van der Waals surface area contributed by atoms with Crippen molar-refractivity contribution in [1.82, 2.24) is 0 Å². The highest BCUT2D eigenvalue weighted by Crippen LogP contribution is 1.93. The topological polar surface area (TPSA) is 37.3 Å². The second kappa shape index (κ2) is 4.15. The maximum Gasteiger partial charge on any atom is 0.354 e. The molecule has 0 heterocycles. The van der Waals surface area contributed by atoms with Crippen LogP contribution in [0.15, 0.2) is 0 Å². The molecule has 2 nitrogen and oxygen atoms in total. The summed E-state index contributed by atoms with van der Waals surface area (Å²) in [5, 5.41) is 7.48. The summed E-state index contributed by atoms with van der Waals surface area (Å²) in [6.07, 6.45) is 0. The predicted octanol–water partition coefficient (Wildman–Crippen LogP) is 1.03. The lowest BCUT2D eigenvalue weighted by Gasteiger charge is -1.82. The summed E-state index contributed by atoms with van der Waals surface area (Å²) in [6.45, 7) is 0. The third-order valence-electron chi connectivity index (χ3n) is 0.187. The van der Waals surface area contributed by atoms with E-state index in [0.29, 0.717) is 0 Å². The van der Waals surface area contributed by atoms with Gasteiger partial charge in [0.25, 0.3) is 5.63 Å². The molecule has 0 aromatic rings. The van der Waals surface area contributed by atoms with E-state index in [9.17, 15) is 9.18 Å². The number of carboxylic acids is 1. The van der Waals surface area contributed by atoms with Gasteiger partial charge in [-0.1, -0.05) is 11.6 Å². The first-order valence-corrected chi connectivity index (χ1v) is 1.59. The quantitative estimate of drug-likeness (QED) is 0.565. The van der Waals surface area contributed by atoms with Gasteiger partial charge in [0.05, 0.1) is 0 Å². The highest BCUT2D eigenvalue weighted by molar-refractivity contribution is 6.28. The number of carboxylic acid groups (broad SMARTS) is 1. The van der Waals surface area contributed by atoms with E-state index in [2.05, 4.69) is 11.6 Å². The monoisotopic (exact) mass is 148 g/mol. The van der Waals surface area contributed by atoms with Gasteiger partial charge in [-0.2, -0.15) is 0 Å². The number of halogens is 3. The first-order valence-electron chi connectivity index (χ1n) is 1.15. The number of carbonyl (C=O) groups is 1. The van der Waals surface area contributed by atoms with Gasteiger partial charge in [0.15, 0.2) is 0 Å². The number of rotatable bonds is 1. The van der Waals surface area contributed by atoms with Gasteiger partial charge in [0.1, 0.15) is 0 Å². The van der Waals surface area contributed by atoms with E-state index in [1.807, 2.05) is 0 Å². The van der Waals surface area contributed by atoms with Crippen molar-refractivity contribution in [3.8, 4) is 0 Å². The zero-order valence-corrected chi connectivity index (χ0v) is 4.67. The normalized spacial score (nSPS) is 11.7. The predicted molar refractivity (Wildman–Crippen MR) is 25.6 cm³/mol. The van der Waals surface area contributed by atoms with Crippen LogP contribution in [-0.4, -0.2) is 16.7 Å². The van der Waals surface area contributed by atoms with Crippen LogP contribution in [0.25, 0.3) is 0 Å². The van der Waals surface area contributed by atoms with E-state index in [0.717, 1.165) is 0 Å². The molecular formula is C2H3Cl2FO2. The fraction of sp³-hybridized carbons (Fsp3) is 0.500. The van der Waals surface area contributed by atoms with Crippen LogP contribution >= 0.6 is 24.0 Å². The minimum atomic E-state index is -2.26. The Morgan fingerprint density at radius 3 is 2.00 bits per heavy atom. The molecule has 0 spiro atoms. The summed E-state index contributed by atoms with van der Waals surface area (Å²) in [5.41, 5.74) is -2.26. The van der Waals surface area contributed by atoms with Crippen molar-refractivity contribution in [2.45, 2.75) is 5.63 Å². The Labute approximate surface area is 50.7 Å². The molecule has 0 aromatic carbocycles. The Kier molecular flexibility index (Phi) is 5.96. The fourth-order valence-corrected chi connectivity index (χ4v) is 0. The van der Waals surface area contributed by atoms with Crippen molar-refractivity contribution in [1.29, 1.82) is 0 Å². The molecule has 0 saturated carbocycles. The fourth-order valence-electron chi connectivity index (χ4n) is 0. The molecule has 0 saturated heterocycles. The second-order valence-electron chi connectivity index (χ2n) is 0.639. The molecular weight excluding hydrogens is 146 g/mol. The van der Waals surface area contributed by atoms with Gasteiger partial charge in [-0.05, 0) is 0 Å². The van der Waals surface area contributed by atoms with Gasteiger partial charge in [-0.15, -0.1) is 12.4 Å². The van der Waals surface area contributed by atoms with Crippen LogP contribution in [0.4, 0.5) is 4.39 Å². The summed E-state index contributed by atoms with van der Waals surface area (Å²) >= 11 is 4.35. The van der Waals surface area contributed by atoms with Crippen molar-refractivity contribution in [3.05, 3.63) is 0 Å². The summed E-state index contributed by atoms with van der Waals surface area (Å²) in [5.74, 6) is -1.64. The van der Waals surface area contributed by atoms with E-state index in [1.165, 1.54) is 0 Å². The van der Waals surface area contributed by atoms with Crippen LogP contribution in [0.1, 0.15) is 0 Å². The molecule has 1 unspecified atom stereocenters. The molecule has 0 radical (unpaired) electrons. The Morgan fingerprint density at radius 2 is 2.00 bits per heavy atom. The molecule has 5 heteroatoms. The third kappa shape index (κ3) is 5.98. The number of hydrogen-bond donors (Lipinski definition) is 1. The van der Waals surface area contributed by atoms with Crippen molar-refractivity contribution < 1.29 is 14.3 Å². The molecule has 7 heavy (non-hydrogen) atoms. The molecule has 0 fully saturated rings. The Balaban J connectivity index is 0. The molecule has 1 atom stereocenters. The summed E-state index contributed by atoms with van der Waals surface area (Å²) in [4.78, 5) is 9.19. The average Bonchev–Trinajstić information content (AvgIpc) is 1.36. The van der Waals surface area contributed by atoms with Gasteiger partial charge < -0.3 is 5.11 Å². The van der Waals surface area contributed by atoms with Crippen molar-refractivity contribution in [3.63, 3.8) is 0 Å². The highest BCUT2D eigenvalue weighted by Gasteiger charge is 2.07. The molecule has 0 aliphatic carbocycles. The summed E-state index contributed by atoms with van der Waals surface area (Å²) < 4.78 is 11.0. The first kappa shape index (κ1) is 10.1. The Bertz CT molecular complexity index is 64.7. The molecule has 0 aliphatic rings. The molecule has 0 rings (SSSR count). The first-order chi connectivity index (χ1) is 2.64. The van der Waals surface area contributed by atoms with E-state index >= 15 is 0 Å². The van der Waals surface area contributed by atoms with Crippen molar-refractivity contribution >= 4 is 30.0 Å². The van der Waals surface area contributed by atoms with Gasteiger partial charge in [-0.3, -0.25) is 0 Å². The highest BCUT2D eigenvalue weighted by atomic mass is 35.5. The molecule has 0 bridgehead atoms. The SMILES string of the molecule is Cl.O=C(O)C(F)Cl. The third-order valence-corrected chi connectivity index (χ3v) is 0.373. The van der Waals surface area contributed by atoms with Crippen molar-refractivity contribution in [2.24, 2.45) is 0 Å². The van der Waals surface area contributed by atoms with Crippen LogP contribution in [0.2, 0.25) is 0 Å². The summed E-state index contributed by atoms with van der Waals surface area (Å²) in [6, 6.07) is 0. The minimum Gasteiger partial charge on any atom is -0.478 e. The van der Waals surface area contributed by atoms with Gasteiger partial charge >= 0.3 is 5.97 Å². The van der Waals surface area contributed by atoms with Crippen LogP contribution in [-0.2, 0) is 4.79 Å². The van der Waals surface area contributed by atoms with Gasteiger partial charge in [0, 0.05) is 0 Å². The second-order valence-corrected chi connectivity index (χ2v) is 1.02. The number of aliphatic carboxylic acids is 1. The lowest BCUT2D eigenvalue weighted by Crippen LogP contribution is -2.05. The van der Waals surface area contributed by atoms with E-state index in [-0.39, 0.29) is 12.4 Å². The summed E-state index contributed by atoms with van der Waals surface area (Å²) in [7, 11) is 0. The minimum absolute atomic E-state index is 0.